The van der Waals surface area contributed by atoms with Crippen molar-refractivity contribution in [1.82, 2.24) is 9.71 Å². The zero-order chi connectivity index (χ0) is 26.8. The Morgan fingerprint density at radius 1 is 1.11 bits per heavy atom. The van der Waals surface area contributed by atoms with Gasteiger partial charge < -0.3 is 10.1 Å². The van der Waals surface area contributed by atoms with Crippen LogP contribution in [0, 0.1) is 5.92 Å². The van der Waals surface area contributed by atoms with Gasteiger partial charge in [-0.25, -0.2) is 26.5 Å². The molecule has 0 bridgehead atoms. The fourth-order valence-corrected chi connectivity index (χ4v) is 7.54. The van der Waals surface area contributed by atoms with Gasteiger partial charge in [0.25, 0.3) is 0 Å². The molecular weight excluding hydrogens is 531 g/mol. The molecule has 0 amide bonds. The number of pyridine rings is 1. The first-order valence-electron chi connectivity index (χ1n) is 12.0. The zero-order valence-corrected chi connectivity index (χ0v) is 21.9. The molecule has 2 aliphatic rings. The van der Waals surface area contributed by atoms with Gasteiger partial charge in [-0.1, -0.05) is 12.1 Å². The van der Waals surface area contributed by atoms with Crippen LogP contribution in [0.15, 0.2) is 41.4 Å². The summed E-state index contributed by atoms with van der Waals surface area (Å²) < 4.78 is 97.6. The fourth-order valence-electron chi connectivity index (χ4n) is 4.72. The van der Waals surface area contributed by atoms with Crippen LogP contribution in [0.5, 0.6) is 5.75 Å². The Kier molecular flexibility index (Phi) is 8.05. The molecule has 1 aromatic carbocycles. The summed E-state index contributed by atoms with van der Waals surface area (Å²) in [7, 11) is -5.65. The SMILES string of the molecule is COc1ccc(C2CC(NS(=O)(=O)c3cnc(NCCC4CCS(=O)(=O)CC4)c(C(F)(F)F)c3)C2)cc1. The maximum atomic E-state index is 13.7. The van der Waals surface area contributed by atoms with E-state index >= 15 is 0 Å². The van der Waals surface area contributed by atoms with Crippen LogP contribution in [-0.2, 0) is 26.0 Å². The molecule has 8 nitrogen and oxygen atoms in total. The van der Waals surface area contributed by atoms with Gasteiger partial charge in [0, 0.05) is 18.8 Å². The number of nitrogens with one attached hydrogen (secondary N) is 2. The first kappa shape index (κ1) is 27.6. The average Bonchev–Trinajstić information content (AvgIpc) is 2.82. The minimum absolute atomic E-state index is 0.0884. The van der Waals surface area contributed by atoms with Crippen molar-refractivity contribution in [2.24, 2.45) is 5.92 Å². The predicted molar refractivity (Wildman–Crippen MR) is 133 cm³/mol. The molecule has 1 saturated carbocycles. The molecule has 204 valence electrons. The number of sulfonamides is 1. The van der Waals surface area contributed by atoms with E-state index in [-0.39, 0.29) is 35.9 Å². The van der Waals surface area contributed by atoms with E-state index in [2.05, 4.69) is 15.0 Å². The molecule has 2 aromatic rings. The zero-order valence-electron chi connectivity index (χ0n) is 20.3. The van der Waals surface area contributed by atoms with Gasteiger partial charge in [-0.15, -0.1) is 0 Å². The second-order valence-electron chi connectivity index (χ2n) is 9.64. The third kappa shape index (κ3) is 6.94. The topological polar surface area (TPSA) is 114 Å². The highest BCUT2D eigenvalue weighted by Gasteiger charge is 2.38. The Morgan fingerprint density at radius 2 is 1.76 bits per heavy atom. The summed E-state index contributed by atoms with van der Waals surface area (Å²) in [6.07, 6.45) is -1.37. The highest BCUT2D eigenvalue weighted by atomic mass is 32.2. The number of rotatable bonds is 9. The Labute approximate surface area is 215 Å². The van der Waals surface area contributed by atoms with Crippen LogP contribution < -0.4 is 14.8 Å². The van der Waals surface area contributed by atoms with Gasteiger partial charge in [-0.2, -0.15) is 13.2 Å². The molecule has 37 heavy (non-hydrogen) atoms. The third-order valence-electron chi connectivity index (χ3n) is 7.04. The largest absolute Gasteiger partial charge is 0.497 e. The summed E-state index contributed by atoms with van der Waals surface area (Å²) in [6, 6.07) is 7.69. The van der Waals surface area contributed by atoms with Crippen LogP contribution in [0.1, 0.15) is 49.1 Å². The Morgan fingerprint density at radius 3 is 2.35 bits per heavy atom. The number of anilines is 1. The van der Waals surface area contributed by atoms with Crippen LogP contribution >= 0.6 is 0 Å². The van der Waals surface area contributed by atoms with Crippen LogP contribution in [0.3, 0.4) is 0 Å². The van der Waals surface area contributed by atoms with E-state index in [1.807, 2.05) is 24.3 Å². The highest BCUT2D eigenvalue weighted by molar-refractivity contribution is 7.91. The number of sulfone groups is 1. The van der Waals surface area contributed by atoms with Gasteiger partial charge in [-0.3, -0.25) is 0 Å². The predicted octanol–water partition coefficient (Wildman–Crippen LogP) is 3.96. The molecule has 1 saturated heterocycles. The van der Waals surface area contributed by atoms with Crippen molar-refractivity contribution >= 4 is 25.7 Å². The first-order chi connectivity index (χ1) is 17.4. The lowest BCUT2D eigenvalue weighted by Gasteiger charge is -2.36. The van der Waals surface area contributed by atoms with Crippen LogP contribution in [0.4, 0.5) is 19.0 Å². The van der Waals surface area contributed by atoms with Crippen LogP contribution in [0.2, 0.25) is 0 Å². The Bertz CT molecular complexity index is 1300. The van der Waals surface area contributed by atoms with Crippen LogP contribution in [0.25, 0.3) is 0 Å². The van der Waals surface area contributed by atoms with E-state index in [0.29, 0.717) is 38.2 Å². The normalized spacial score (nSPS) is 22.3. The molecular formula is C24H30F3N3O5S2. The maximum Gasteiger partial charge on any atom is 0.419 e. The van der Waals surface area contributed by atoms with Crippen molar-refractivity contribution < 1.29 is 34.7 Å². The number of halogens is 3. The van der Waals surface area contributed by atoms with E-state index in [0.717, 1.165) is 17.5 Å². The van der Waals surface area contributed by atoms with Crippen molar-refractivity contribution in [2.45, 2.75) is 55.1 Å². The van der Waals surface area contributed by atoms with Crippen molar-refractivity contribution in [3.05, 3.63) is 47.7 Å². The molecule has 0 atom stereocenters. The molecule has 0 spiro atoms. The van der Waals surface area contributed by atoms with Gasteiger partial charge in [0.1, 0.15) is 26.3 Å². The molecule has 0 unspecified atom stereocenters. The number of nitrogens with zero attached hydrogens (tertiary/aromatic N) is 1. The van der Waals surface area contributed by atoms with Crippen LogP contribution in [-0.4, -0.2) is 53.0 Å². The second-order valence-corrected chi connectivity index (χ2v) is 13.7. The number of ether oxygens (including phenoxy) is 1. The number of benzene rings is 1. The highest BCUT2D eigenvalue weighted by Crippen LogP contribution is 2.39. The number of hydrogen-bond donors (Lipinski definition) is 2. The van der Waals surface area contributed by atoms with Crippen molar-refractivity contribution in [3.63, 3.8) is 0 Å². The molecule has 1 aromatic heterocycles. The van der Waals surface area contributed by atoms with Gasteiger partial charge in [0.05, 0.1) is 24.2 Å². The lowest BCUT2D eigenvalue weighted by molar-refractivity contribution is -0.137. The quantitative estimate of drug-likeness (QED) is 0.476. The molecule has 2 heterocycles. The number of methoxy groups -OCH3 is 1. The van der Waals surface area contributed by atoms with E-state index < -0.39 is 42.3 Å². The maximum absolute atomic E-state index is 13.7. The fraction of sp³-hybridized carbons (Fsp3) is 0.542. The minimum atomic E-state index is -4.81. The smallest absolute Gasteiger partial charge is 0.419 e. The van der Waals surface area contributed by atoms with Crippen molar-refractivity contribution in [1.29, 1.82) is 0 Å². The van der Waals surface area contributed by atoms with E-state index in [9.17, 15) is 30.0 Å². The van der Waals surface area contributed by atoms with Gasteiger partial charge in [0.2, 0.25) is 10.0 Å². The Balaban J connectivity index is 1.37. The molecule has 2 fully saturated rings. The van der Waals surface area contributed by atoms with Crippen molar-refractivity contribution in [2.75, 3.05) is 30.5 Å². The third-order valence-corrected chi connectivity index (χ3v) is 10.2. The lowest BCUT2D eigenvalue weighted by atomic mass is 9.76. The van der Waals surface area contributed by atoms with Gasteiger partial charge >= 0.3 is 6.18 Å². The summed E-state index contributed by atoms with van der Waals surface area (Å²) >= 11 is 0. The minimum Gasteiger partial charge on any atom is -0.497 e. The summed E-state index contributed by atoms with van der Waals surface area (Å²) in [6.45, 7) is 0.167. The van der Waals surface area contributed by atoms with E-state index in [4.69, 9.17) is 4.74 Å². The van der Waals surface area contributed by atoms with Gasteiger partial charge in [-0.05, 0) is 67.7 Å². The summed E-state index contributed by atoms with van der Waals surface area (Å²) in [4.78, 5) is 3.24. The van der Waals surface area contributed by atoms with E-state index in [1.165, 1.54) is 0 Å². The standard InChI is InChI=1S/C24H30F3N3O5S2/c1-35-20-4-2-17(3-5-20)18-12-19(13-18)30-37(33,34)21-14-22(24(25,26)27)23(29-15-21)28-9-6-16-7-10-36(31,32)11-8-16/h2-5,14-16,18-19,30H,6-13H2,1H3,(H,28,29). The summed E-state index contributed by atoms with van der Waals surface area (Å²) in [5, 5.41) is 2.66. The average molecular weight is 562 g/mol. The molecule has 1 aliphatic heterocycles. The van der Waals surface area contributed by atoms with E-state index in [1.54, 1.807) is 7.11 Å². The monoisotopic (exact) mass is 561 g/mol. The first-order valence-corrected chi connectivity index (χ1v) is 15.3. The summed E-state index contributed by atoms with van der Waals surface area (Å²) in [5.74, 6) is 0.696. The Hall–Kier alpha value is -2.38. The summed E-state index contributed by atoms with van der Waals surface area (Å²) in [5.41, 5.74) is -0.117. The van der Waals surface area contributed by atoms with Crippen molar-refractivity contribution in [3.8, 4) is 5.75 Å². The number of alkyl halides is 3. The number of aromatic nitrogens is 1. The lowest BCUT2D eigenvalue weighted by Crippen LogP contribution is -2.43. The molecule has 4 rings (SSSR count). The molecule has 13 heteroatoms. The molecule has 2 N–H and O–H groups in total. The van der Waals surface area contributed by atoms with Gasteiger partial charge in [0.15, 0.2) is 0 Å². The second kappa shape index (κ2) is 10.8. The molecule has 0 radical (unpaired) electrons. The number of hydrogen-bond acceptors (Lipinski definition) is 7. The molecule has 1 aliphatic carbocycles.